The molecule has 2 fully saturated rings. The Labute approximate surface area is 136 Å². The fourth-order valence-corrected chi connectivity index (χ4v) is 2.86. The molecule has 1 aromatic carbocycles. The summed E-state index contributed by atoms with van der Waals surface area (Å²) in [7, 11) is 0. The molecule has 0 radical (unpaired) electrons. The predicted octanol–water partition coefficient (Wildman–Crippen LogP) is 1.27. The molecule has 0 unspecified atom stereocenters. The van der Waals surface area contributed by atoms with Crippen LogP contribution in [0.2, 0.25) is 0 Å². The summed E-state index contributed by atoms with van der Waals surface area (Å²) in [6.07, 6.45) is 0.352. The predicted molar refractivity (Wildman–Crippen MR) is 89.0 cm³/mol. The molecule has 7 heteroatoms. The van der Waals surface area contributed by atoms with Gasteiger partial charge >= 0.3 is 6.03 Å². The quantitative estimate of drug-likeness (QED) is 0.860. The number of nitrogens with zero attached hydrogens (tertiary/aromatic N) is 2. The second-order valence-electron chi connectivity index (χ2n) is 5.46. The van der Waals surface area contributed by atoms with E-state index in [-0.39, 0.29) is 24.3 Å². The minimum atomic E-state index is -0.329. The molecule has 2 N–H and O–H groups in total. The number of aryl methyl sites for hydroxylation is 1. The molecule has 3 amide bonds. The van der Waals surface area contributed by atoms with Gasteiger partial charge in [0.1, 0.15) is 0 Å². The van der Waals surface area contributed by atoms with Gasteiger partial charge in [0, 0.05) is 50.5 Å². The van der Waals surface area contributed by atoms with Gasteiger partial charge in [-0.2, -0.15) is 0 Å². The van der Waals surface area contributed by atoms with Crippen molar-refractivity contribution in [3.63, 3.8) is 0 Å². The average molecular weight is 325 g/mol. The van der Waals surface area contributed by atoms with Crippen molar-refractivity contribution in [2.45, 2.75) is 13.3 Å². The Morgan fingerprint density at radius 2 is 1.82 bits per heavy atom. The number of benzene rings is 1. The topological polar surface area (TPSA) is 64.7 Å². The zero-order valence-corrected chi connectivity index (χ0v) is 13.4. The van der Waals surface area contributed by atoms with Gasteiger partial charge in [0.05, 0.1) is 0 Å². The van der Waals surface area contributed by atoms with E-state index in [1.54, 1.807) is 4.90 Å². The fourth-order valence-electron chi connectivity index (χ4n) is 2.86. The summed E-state index contributed by atoms with van der Waals surface area (Å²) < 4.78 is 0. The number of carbonyl (C=O) groups excluding carboxylic acids is 2. The van der Waals surface area contributed by atoms with E-state index in [2.05, 4.69) is 27.7 Å². The normalized spacial score (nSPS) is 18.8. The molecule has 22 heavy (non-hydrogen) atoms. The van der Waals surface area contributed by atoms with Crippen LogP contribution in [-0.2, 0) is 4.79 Å². The molecule has 0 aliphatic carbocycles. The first-order chi connectivity index (χ1) is 10.1. The molecule has 0 spiro atoms. The summed E-state index contributed by atoms with van der Waals surface area (Å²) in [5.41, 5.74) is 3.11. The van der Waals surface area contributed by atoms with Gasteiger partial charge in [-0.15, -0.1) is 12.4 Å². The van der Waals surface area contributed by atoms with Crippen LogP contribution in [0.1, 0.15) is 12.0 Å². The Kier molecular flexibility index (Phi) is 5.26. The third kappa shape index (κ3) is 3.34. The van der Waals surface area contributed by atoms with Crippen molar-refractivity contribution in [1.82, 2.24) is 10.6 Å². The van der Waals surface area contributed by atoms with E-state index < -0.39 is 0 Å². The minimum Gasteiger partial charge on any atom is -0.369 e. The van der Waals surface area contributed by atoms with Gasteiger partial charge in [-0.05, 0) is 30.7 Å². The minimum absolute atomic E-state index is 0. The summed E-state index contributed by atoms with van der Waals surface area (Å²) in [5, 5.41) is 5.70. The third-order valence-electron chi connectivity index (χ3n) is 4.01. The van der Waals surface area contributed by atoms with Crippen molar-refractivity contribution < 1.29 is 9.59 Å². The van der Waals surface area contributed by atoms with Crippen LogP contribution in [0.25, 0.3) is 0 Å². The molecule has 0 bridgehead atoms. The van der Waals surface area contributed by atoms with Crippen molar-refractivity contribution in [1.29, 1.82) is 0 Å². The van der Waals surface area contributed by atoms with E-state index in [0.717, 1.165) is 37.4 Å². The zero-order chi connectivity index (χ0) is 14.8. The van der Waals surface area contributed by atoms with Crippen molar-refractivity contribution in [2.24, 2.45) is 0 Å². The number of hydrogen-bond donors (Lipinski definition) is 2. The van der Waals surface area contributed by atoms with Crippen LogP contribution in [0, 0.1) is 6.92 Å². The lowest BCUT2D eigenvalue weighted by Gasteiger charge is -2.31. The maximum Gasteiger partial charge on any atom is 0.328 e. The Bertz CT molecular complexity index is 573. The highest BCUT2D eigenvalue weighted by Crippen LogP contribution is 2.27. The third-order valence-corrected chi connectivity index (χ3v) is 4.01. The van der Waals surface area contributed by atoms with Crippen LogP contribution >= 0.6 is 12.4 Å². The summed E-state index contributed by atoms with van der Waals surface area (Å²) in [6.45, 7) is 6.44. The molecule has 2 heterocycles. The molecule has 1 aromatic rings. The van der Waals surface area contributed by atoms with Gasteiger partial charge in [-0.25, -0.2) is 4.79 Å². The molecule has 2 aliphatic rings. The van der Waals surface area contributed by atoms with E-state index in [1.165, 1.54) is 5.69 Å². The number of imide groups is 1. The molecule has 2 saturated heterocycles. The standard InChI is InChI=1S/C15H20N4O2.ClH/c1-11-10-12(18-8-5-16-6-9-18)2-3-13(11)19-7-4-14(20)17-15(19)21;/h2-3,10,16H,4-9H2,1H3,(H,17,20,21);1H. The summed E-state index contributed by atoms with van der Waals surface area (Å²) in [4.78, 5) is 27.1. The second-order valence-corrected chi connectivity index (χ2v) is 5.46. The lowest BCUT2D eigenvalue weighted by molar-refractivity contribution is -0.120. The van der Waals surface area contributed by atoms with Crippen LogP contribution in [0.15, 0.2) is 18.2 Å². The number of amides is 3. The smallest absolute Gasteiger partial charge is 0.328 e. The van der Waals surface area contributed by atoms with Crippen LogP contribution in [0.5, 0.6) is 0 Å². The largest absolute Gasteiger partial charge is 0.369 e. The number of nitrogens with one attached hydrogen (secondary N) is 2. The van der Waals surface area contributed by atoms with E-state index >= 15 is 0 Å². The van der Waals surface area contributed by atoms with Gasteiger partial charge in [-0.3, -0.25) is 15.0 Å². The van der Waals surface area contributed by atoms with Crippen molar-refractivity contribution >= 4 is 35.7 Å². The molecular weight excluding hydrogens is 304 g/mol. The SMILES string of the molecule is Cc1cc(N2CCNCC2)ccc1N1CCC(=O)NC1=O.Cl. The molecule has 2 aliphatic heterocycles. The molecule has 0 saturated carbocycles. The molecular formula is C15H21ClN4O2. The monoisotopic (exact) mass is 324 g/mol. The second kappa shape index (κ2) is 6.98. The van der Waals surface area contributed by atoms with Gasteiger partial charge in [0.25, 0.3) is 0 Å². The van der Waals surface area contributed by atoms with Crippen LogP contribution in [0.3, 0.4) is 0 Å². The Balaban J connectivity index is 0.00000176. The maximum absolute atomic E-state index is 11.9. The first kappa shape index (κ1) is 16.6. The van der Waals surface area contributed by atoms with Crippen LogP contribution < -0.4 is 20.4 Å². The highest BCUT2D eigenvalue weighted by molar-refractivity contribution is 6.06. The Morgan fingerprint density at radius 1 is 1.09 bits per heavy atom. The summed E-state index contributed by atoms with van der Waals surface area (Å²) >= 11 is 0. The van der Waals surface area contributed by atoms with Crippen LogP contribution in [-0.4, -0.2) is 44.7 Å². The first-order valence-corrected chi connectivity index (χ1v) is 7.33. The van der Waals surface area contributed by atoms with Gasteiger partial charge in [0.15, 0.2) is 0 Å². The molecule has 0 aromatic heterocycles. The molecule has 3 rings (SSSR count). The Hall–Kier alpha value is -1.79. The van der Waals surface area contributed by atoms with E-state index in [4.69, 9.17) is 0 Å². The summed E-state index contributed by atoms with van der Waals surface area (Å²) in [6, 6.07) is 5.81. The maximum atomic E-state index is 11.9. The van der Waals surface area contributed by atoms with E-state index in [9.17, 15) is 9.59 Å². The van der Waals surface area contributed by atoms with Gasteiger partial charge in [-0.1, -0.05) is 0 Å². The lowest BCUT2D eigenvalue weighted by atomic mass is 10.1. The van der Waals surface area contributed by atoms with Crippen molar-refractivity contribution in [3.8, 4) is 0 Å². The van der Waals surface area contributed by atoms with Crippen molar-refractivity contribution in [3.05, 3.63) is 23.8 Å². The van der Waals surface area contributed by atoms with Crippen LogP contribution in [0.4, 0.5) is 16.2 Å². The number of piperazine rings is 1. The first-order valence-electron chi connectivity index (χ1n) is 7.33. The molecule has 0 atom stereocenters. The van der Waals surface area contributed by atoms with E-state index in [0.29, 0.717) is 13.0 Å². The number of anilines is 2. The number of halogens is 1. The lowest BCUT2D eigenvalue weighted by Crippen LogP contribution is -2.49. The molecule has 6 nitrogen and oxygen atoms in total. The number of hydrogen-bond acceptors (Lipinski definition) is 4. The number of carbonyl (C=O) groups is 2. The fraction of sp³-hybridized carbons (Fsp3) is 0.467. The van der Waals surface area contributed by atoms with Crippen molar-refractivity contribution in [2.75, 3.05) is 42.5 Å². The Morgan fingerprint density at radius 3 is 2.45 bits per heavy atom. The molecule has 120 valence electrons. The zero-order valence-electron chi connectivity index (χ0n) is 12.6. The average Bonchev–Trinajstić information content (AvgIpc) is 2.49. The number of urea groups is 1. The summed E-state index contributed by atoms with van der Waals surface area (Å²) in [5.74, 6) is -0.202. The van der Waals surface area contributed by atoms with Gasteiger partial charge in [0.2, 0.25) is 5.91 Å². The number of rotatable bonds is 2. The highest BCUT2D eigenvalue weighted by Gasteiger charge is 2.25. The highest BCUT2D eigenvalue weighted by atomic mass is 35.5. The van der Waals surface area contributed by atoms with E-state index in [1.807, 2.05) is 13.0 Å². The van der Waals surface area contributed by atoms with Gasteiger partial charge < -0.3 is 10.2 Å².